The second kappa shape index (κ2) is 8.28. The van der Waals surface area contributed by atoms with Crippen molar-refractivity contribution >= 4 is 29.7 Å². The Kier molecular flexibility index (Phi) is 5.79. The van der Waals surface area contributed by atoms with Crippen LogP contribution in [0, 0.1) is 19.7 Å². The number of rotatable bonds is 5. The minimum Gasteiger partial charge on any atom is -0.478 e. The third-order valence-electron chi connectivity index (χ3n) is 4.38. The molecule has 148 valence electrons. The van der Waals surface area contributed by atoms with Gasteiger partial charge >= 0.3 is 5.97 Å². The van der Waals surface area contributed by atoms with E-state index in [9.17, 15) is 19.1 Å². The third kappa shape index (κ3) is 4.35. The van der Waals surface area contributed by atoms with Gasteiger partial charge in [0.15, 0.2) is 0 Å². The lowest BCUT2D eigenvalue weighted by atomic mass is 10.2. The molecule has 0 saturated carbocycles. The first kappa shape index (κ1) is 20.3. The van der Waals surface area contributed by atoms with E-state index in [0.717, 1.165) is 17.0 Å². The Bertz CT molecular complexity index is 1120. The van der Waals surface area contributed by atoms with Crippen LogP contribution in [0.15, 0.2) is 53.6 Å². The normalized spacial score (nSPS) is 11.0. The van der Waals surface area contributed by atoms with Gasteiger partial charge < -0.3 is 9.67 Å². The van der Waals surface area contributed by atoms with Gasteiger partial charge in [0.1, 0.15) is 5.82 Å². The number of nitrogens with zero attached hydrogens (tertiary/aromatic N) is 2. The zero-order valence-electron chi connectivity index (χ0n) is 15.6. The fourth-order valence-corrected chi connectivity index (χ4v) is 3.16. The van der Waals surface area contributed by atoms with E-state index in [1.165, 1.54) is 42.6 Å². The highest BCUT2D eigenvalue weighted by molar-refractivity contribution is 6.33. The van der Waals surface area contributed by atoms with Gasteiger partial charge in [-0.15, -0.1) is 0 Å². The van der Waals surface area contributed by atoms with Crippen molar-refractivity contribution in [1.82, 2.24) is 9.99 Å². The molecule has 0 aliphatic carbocycles. The number of aromatic nitrogens is 1. The molecule has 0 saturated heterocycles. The summed E-state index contributed by atoms with van der Waals surface area (Å²) in [5, 5.41) is 13.4. The van der Waals surface area contributed by atoms with E-state index in [2.05, 4.69) is 10.5 Å². The number of hydrogen-bond donors (Lipinski definition) is 2. The number of carboxylic acid groups (broad SMARTS) is 1. The molecule has 2 N–H and O–H groups in total. The molecule has 0 radical (unpaired) electrons. The first-order chi connectivity index (χ1) is 13.8. The second-order valence-electron chi connectivity index (χ2n) is 6.34. The average molecular weight is 414 g/mol. The zero-order chi connectivity index (χ0) is 21.1. The number of halogens is 2. The van der Waals surface area contributed by atoms with Gasteiger partial charge in [-0.3, -0.25) is 4.79 Å². The number of amides is 1. The fraction of sp³-hybridized carbons (Fsp3) is 0.0952. The number of carboxylic acids is 1. The fourth-order valence-electron chi connectivity index (χ4n) is 2.96. The number of carbonyl (C=O) groups excluding carboxylic acids is 1. The van der Waals surface area contributed by atoms with Crippen molar-refractivity contribution < 1.29 is 19.1 Å². The lowest BCUT2D eigenvalue weighted by Gasteiger charge is -2.11. The van der Waals surface area contributed by atoms with Crippen molar-refractivity contribution in [3.05, 3.63) is 87.4 Å². The van der Waals surface area contributed by atoms with Crippen molar-refractivity contribution in [3.63, 3.8) is 0 Å². The van der Waals surface area contributed by atoms with Crippen LogP contribution in [0.25, 0.3) is 5.69 Å². The molecular formula is C21H17ClFN3O3. The maximum Gasteiger partial charge on any atom is 0.337 e. The zero-order valence-corrected chi connectivity index (χ0v) is 16.4. The van der Waals surface area contributed by atoms with Gasteiger partial charge in [0.2, 0.25) is 0 Å². The summed E-state index contributed by atoms with van der Waals surface area (Å²) in [5.41, 5.74) is 5.75. The molecule has 0 aliphatic rings. The minimum absolute atomic E-state index is 0.0124. The predicted octanol–water partition coefficient (Wildman–Crippen LogP) is 4.35. The highest BCUT2D eigenvalue weighted by Crippen LogP contribution is 2.24. The van der Waals surface area contributed by atoms with Crippen LogP contribution in [-0.2, 0) is 0 Å². The molecule has 6 nitrogen and oxygen atoms in total. The van der Waals surface area contributed by atoms with E-state index in [-0.39, 0.29) is 16.1 Å². The maximum atomic E-state index is 12.9. The van der Waals surface area contributed by atoms with E-state index >= 15 is 0 Å². The lowest BCUT2D eigenvalue weighted by molar-refractivity contribution is 0.0696. The molecule has 2 aromatic carbocycles. The highest BCUT2D eigenvalue weighted by Gasteiger charge is 2.14. The van der Waals surface area contributed by atoms with Gasteiger partial charge in [-0.05, 0) is 62.4 Å². The van der Waals surface area contributed by atoms with Crippen LogP contribution in [0.1, 0.15) is 37.7 Å². The SMILES string of the molecule is Cc1cc(/C=N\NC(=O)c2ccc(F)cc2)c(C)n1-c1ccc(Cl)c(C(=O)O)c1. The van der Waals surface area contributed by atoms with Crippen LogP contribution in [0.5, 0.6) is 0 Å². The molecule has 0 fully saturated rings. The first-order valence-corrected chi connectivity index (χ1v) is 8.97. The standard InChI is InChI=1S/C21H17ClFN3O3/c1-12-9-15(11-24-25-20(27)14-3-5-16(23)6-4-14)13(2)26(12)17-7-8-19(22)18(10-17)21(28)29/h3-11H,1-2H3,(H,25,27)(H,28,29)/b24-11-. The molecule has 1 aromatic heterocycles. The quantitative estimate of drug-likeness (QED) is 0.482. The molecule has 8 heteroatoms. The molecule has 1 amide bonds. The topological polar surface area (TPSA) is 83.7 Å². The van der Waals surface area contributed by atoms with Crippen LogP contribution in [0.2, 0.25) is 5.02 Å². The summed E-state index contributed by atoms with van der Waals surface area (Å²) in [7, 11) is 0. The summed E-state index contributed by atoms with van der Waals surface area (Å²) >= 11 is 5.95. The molecule has 0 bridgehead atoms. The van der Waals surface area contributed by atoms with Crippen LogP contribution in [-0.4, -0.2) is 27.8 Å². The largest absolute Gasteiger partial charge is 0.478 e. The minimum atomic E-state index is -1.11. The Hall–Kier alpha value is -3.45. The van der Waals surface area contributed by atoms with Crippen LogP contribution in [0.3, 0.4) is 0 Å². The average Bonchev–Trinajstić information content (AvgIpc) is 2.96. The first-order valence-electron chi connectivity index (χ1n) is 8.59. The van der Waals surface area contributed by atoms with Crippen molar-refractivity contribution in [3.8, 4) is 5.69 Å². The van der Waals surface area contributed by atoms with Crippen molar-refractivity contribution in [2.45, 2.75) is 13.8 Å². The number of aryl methyl sites for hydroxylation is 1. The van der Waals surface area contributed by atoms with E-state index in [0.29, 0.717) is 5.69 Å². The number of aromatic carboxylic acids is 1. The third-order valence-corrected chi connectivity index (χ3v) is 4.71. The molecule has 0 aliphatic heterocycles. The van der Waals surface area contributed by atoms with Gasteiger partial charge in [-0.25, -0.2) is 14.6 Å². The van der Waals surface area contributed by atoms with Gasteiger partial charge in [-0.1, -0.05) is 11.6 Å². The number of nitrogens with one attached hydrogen (secondary N) is 1. The lowest BCUT2D eigenvalue weighted by Crippen LogP contribution is -2.17. The smallest absolute Gasteiger partial charge is 0.337 e. The monoisotopic (exact) mass is 413 g/mol. The van der Waals surface area contributed by atoms with Gasteiger partial charge in [-0.2, -0.15) is 5.10 Å². The van der Waals surface area contributed by atoms with Crippen LogP contribution in [0.4, 0.5) is 4.39 Å². The summed E-state index contributed by atoms with van der Waals surface area (Å²) in [6.07, 6.45) is 1.49. The molecule has 1 heterocycles. The molecule has 0 spiro atoms. The number of hydrogen-bond acceptors (Lipinski definition) is 3. The van der Waals surface area contributed by atoms with Crippen LogP contribution >= 0.6 is 11.6 Å². The summed E-state index contributed by atoms with van der Waals surface area (Å²) in [5.74, 6) is -1.99. The second-order valence-corrected chi connectivity index (χ2v) is 6.74. The number of carbonyl (C=O) groups is 2. The van der Waals surface area contributed by atoms with E-state index in [1.807, 2.05) is 24.5 Å². The Morgan fingerprint density at radius 3 is 2.48 bits per heavy atom. The maximum absolute atomic E-state index is 12.9. The Balaban J connectivity index is 1.83. The molecule has 0 unspecified atom stereocenters. The molecular weight excluding hydrogens is 397 g/mol. The predicted molar refractivity (Wildman–Crippen MR) is 109 cm³/mol. The van der Waals surface area contributed by atoms with E-state index in [4.69, 9.17) is 11.6 Å². The van der Waals surface area contributed by atoms with Crippen molar-refractivity contribution in [2.75, 3.05) is 0 Å². The van der Waals surface area contributed by atoms with Gasteiger partial charge in [0.25, 0.3) is 5.91 Å². The van der Waals surface area contributed by atoms with Crippen molar-refractivity contribution in [1.29, 1.82) is 0 Å². The van der Waals surface area contributed by atoms with Gasteiger partial charge in [0, 0.05) is 28.2 Å². The van der Waals surface area contributed by atoms with Crippen LogP contribution < -0.4 is 5.43 Å². The molecule has 3 aromatic rings. The summed E-state index contributed by atoms with van der Waals surface area (Å²) < 4.78 is 14.8. The van der Waals surface area contributed by atoms with E-state index < -0.39 is 17.7 Å². The number of hydrazone groups is 1. The molecule has 3 rings (SSSR count). The summed E-state index contributed by atoms with van der Waals surface area (Å²) in [4.78, 5) is 23.4. The Morgan fingerprint density at radius 2 is 1.83 bits per heavy atom. The molecule has 29 heavy (non-hydrogen) atoms. The van der Waals surface area contributed by atoms with E-state index in [1.54, 1.807) is 6.07 Å². The van der Waals surface area contributed by atoms with Crippen molar-refractivity contribution in [2.24, 2.45) is 5.10 Å². The Morgan fingerprint density at radius 1 is 1.14 bits per heavy atom. The summed E-state index contributed by atoms with van der Waals surface area (Å²) in [6.45, 7) is 3.72. The number of benzene rings is 2. The molecule has 0 atom stereocenters. The highest BCUT2D eigenvalue weighted by atomic mass is 35.5. The van der Waals surface area contributed by atoms with Gasteiger partial charge in [0.05, 0.1) is 16.8 Å². The Labute approximate surface area is 171 Å². The summed E-state index contributed by atoms with van der Waals surface area (Å²) in [6, 6.07) is 11.8.